The van der Waals surface area contributed by atoms with E-state index in [-0.39, 0.29) is 0 Å². The minimum Gasteiger partial charge on any atom is -0.497 e. The van der Waals surface area contributed by atoms with E-state index >= 15 is 0 Å². The first-order valence-corrected chi connectivity index (χ1v) is 9.60. The van der Waals surface area contributed by atoms with Gasteiger partial charge in [-0.2, -0.15) is 0 Å². The fraction of sp³-hybridized carbons (Fsp3) is 0.444. The van der Waals surface area contributed by atoms with Crippen LogP contribution in [0, 0.1) is 0 Å². The minimum atomic E-state index is 0.612. The lowest BCUT2D eigenvalue weighted by molar-refractivity contribution is 0.312. The number of aliphatic imine (C=N–C) groups is 1. The zero-order chi connectivity index (χ0) is 18.2. The third kappa shape index (κ3) is 5.01. The summed E-state index contributed by atoms with van der Waals surface area (Å²) in [5.41, 5.74) is 6.13. The van der Waals surface area contributed by atoms with E-state index in [2.05, 4.69) is 19.8 Å². The van der Waals surface area contributed by atoms with E-state index in [1.54, 1.807) is 18.4 Å². The maximum Gasteiger partial charge on any atom is 0.191 e. The quantitative estimate of drug-likeness (QED) is 0.453. The summed E-state index contributed by atoms with van der Waals surface area (Å²) in [4.78, 5) is 13.3. The molecule has 1 aromatic heterocycles. The molecule has 1 aliphatic heterocycles. The molecule has 2 heterocycles. The zero-order valence-electron chi connectivity index (χ0n) is 15.0. The molecular formula is C18H25N5O2S. The third-order valence-electron chi connectivity index (χ3n) is 4.20. The number of anilines is 1. The highest BCUT2D eigenvalue weighted by atomic mass is 32.1. The number of hydrogen-bond acceptors (Lipinski definition) is 6. The molecule has 140 valence electrons. The fourth-order valence-corrected chi connectivity index (χ4v) is 3.42. The van der Waals surface area contributed by atoms with Crippen LogP contribution in [-0.4, -0.2) is 62.3 Å². The number of ether oxygens (including phenoxy) is 2. The largest absolute Gasteiger partial charge is 0.497 e. The third-order valence-corrected chi connectivity index (χ3v) is 5.03. The van der Waals surface area contributed by atoms with Crippen LogP contribution in [0.2, 0.25) is 0 Å². The molecule has 0 unspecified atom stereocenters. The van der Waals surface area contributed by atoms with Crippen LogP contribution in [0.15, 0.2) is 40.8 Å². The lowest BCUT2D eigenvalue weighted by Gasteiger charge is -2.35. The van der Waals surface area contributed by atoms with Crippen molar-refractivity contribution in [3.63, 3.8) is 0 Å². The zero-order valence-corrected chi connectivity index (χ0v) is 15.8. The summed E-state index contributed by atoms with van der Waals surface area (Å²) in [6.07, 6.45) is 2.67. The van der Waals surface area contributed by atoms with Gasteiger partial charge in [0.25, 0.3) is 0 Å². The Kier molecular flexibility index (Phi) is 6.54. The van der Waals surface area contributed by atoms with E-state index in [4.69, 9.17) is 15.2 Å². The van der Waals surface area contributed by atoms with Crippen molar-refractivity contribution in [2.45, 2.75) is 6.42 Å². The van der Waals surface area contributed by atoms with Crippen LogP contribution in [-0.2, 0) is 0 Å². The molecule has 8 heteroatoms. The molecule has 0 spiro atoms. The number of benzene rings is 1. The van der Waals surface area contributed by atoms with Gasteiger partial charge in [0.15, 0.2) is 11.1 Å². The Labute approximate surface area is 158 Å². The van der Waals surface area contributed by atoms with Crippen LogP contribution >= 0.6 is 11.3 Å². The van der Waals surface area contributed by atoms with Crippen LogP contribution < -0.4 is 20.1 Å². The van der Waals surface area contributed by atoms with Crippen LogP contribution in [0.4, 0.5) is 5.13 Å². The van der Waals surface area contributed by atoms with Gasteiger partial charge in [0.2, 0.25) is 0 Å². The van der Waals surface area contributed by atoms with Crippen LogP contribution in [0.1, 0.15) is 6.42 Å². The maximum absolute atomic E-state index is 6.13. The van der Waals surface area contributed by atoms with Gasteiger partial charge in [-0.15, -0.1) is 11.3 Å². The molecule has 0 bridgehead atoms. The van der Waals surface area contributed by atoms with Gasteiger partial charge in [-0.3, -0.25) is 4.99 Å². The summed E-state index contributed by atoms with van der Waals surface area (Å²) in [7, 11) is 1.65. The summed E-state index contributed by atoms with van der Waals surface area (Å²) >= 11 is 1.67. The summed E-state index contributed by atoms with van der Waals surface area (Å²) in [6.45, 7) is 4.86. The molecule has 2 aromatic rings. The number of piperazine rings is 1. The molecule has 1 aliphatic rings. The van der Waals surface area contributed by atoms with Crippen molar-refractivity contribution in [3.8, 4) is 11.5 Å². The topological polar surface area (TPSA) is 76.2 Å². The van der Waals surface area contributed by atoms with E-state index in [9.17, 15) is 0 Å². The van der Waals surface area contributed by atoms with E-state index in [1.807, 2.05) is 35.8 Å². The summed E-state index contributed by atoms with van der Waals surface area (Å²) in [6, 6.07) is 7.57. The first-order valence-electron chi connectivity index (χ1n) is 8.72. The van der Waals surface area contributed by atoms with Crippen LogP contribution in [0.25, 0.3) is 0 Å². The summed E-state index contributed by atoms with van der Waals surface area (Å²) in [5, 5.41) is 3.08. The summed E-state index contributed by atoms with van der Waals surface area (Å²) in [5.74, 6) is 2.28. The minimum absolute atomic E-state index is 0.612. The Morgan fingerprint density at radius 3 is 2.58 bits per heavy atom. The van der Waals surface area contributed by atoms with E-state index in [0.717, 1.165) is 49.2 Å². The molecule has 0 aliphatic carbocycles. The van der Waals surface area contributed by atoms with E-state index in [1.165, 1.54) is 0 Å². The fourth-order valence-electron chi connectivity index (χ4n) is 2.72. The Hall–Kier alpha value is -2.48. The van der Waals surface area contributed by atoms with Crippen LogP contribution in [0.5, 0.6) is 11.5 Å². The molecule has 3 rings (SSSR count). The van der Waals surface area contributed by atoms with Crippen molar-refractivity contribution in [1.29, 1.82) is 0 Å². The predicted octanol–water partition coefficient (Wildman–Crippen LogP) is 2.06. The maximum atomic E-state index is 6.13. The Morgan fingerprint density at radius 1 is 1.19 bits per heavy atom. The van der Waals surface area contributed by atoms with E-state index < -0.39 is 0 Å². The molecule has 0 saturated carbocycles. The first-order chi connectivity index (χ1) is 12.8. The average molecular weight is 375 g/mol. The molecule has 2 N–H and O–H groups in total. The second-order valence-corrected chi connectivity index (χ2v) is 6.78. The SMILES string of the molecule is COc1ccc(OCCCN=C(N)N2CCN(c3nccs3)CC2)cc1. The van der Waals surface area contributed by atoms with Crippen LogP contribution in [0.3, 0.4) is 0 Å². The highest BCUT2D eigenvalue weighted by Gasteiger charge is 2.19. The van der Waals surface area contributed by atoms with Crippen molar-refractivity contribution < 1.29 is 9.47 Å². The molecule has 26 heavy (non-hydrogen) atoms. The molecule has 1 aromatic carbocycles. The number of aromatic nitrogens is 1. The number of methoxy groups -OCH3 is 1. The Bertz CT molecular complexity index is 682. The normalized spacial score (nSPS) is 15.2. The van der Waals surface area contributed by atoms with Gasteiger partial charge in [0.05, 0.1) is 13.7 Å². The molecule has 1 saturated heterocycles. The van der Waals surface area contributed by atoms with Gasteiger partial charge >= 0.3 is 0 Å². The number of hydrogen-bond donors (Lipinski definition) is 1. The average Bonchev–Trinajstić information content (AvgIpc) is 3.23. The number of thiazole rings is 1. The van der Waals surface area contributed by atoms with Crippen molar-refractivity contribution in [1.82, 2.24) is 9.88 Å². The van der Waals surface area contributed by atoms with Crippen molar-refractivity contribution in [2.75, 3.05) is 51.3 Å². The molecule has 0 amide bonds. The van der Waals surface area contributed by atoms with Gasteiger partial charge < -0.3 is 25.0 Å². The summed E-state index contributed by atoms with van der Waals surface area (Å²) < 4.78 is 10.8. The molecule has 1 fully saturated rings. The second kappa shape index (κ2) is 9.28. The lowest BCUT2D eigenvalue weighted by Crippen LogP contribution is -2.51. The van der Waals surface area contributed by atoms with Crippen molar-refractivity contribution in [3.05, 3.63) is 35.8 Å². The van der Waals surface area contributed by atoms with Crippen molar-refractivity contribution >= 4 is 22.4 Å². The smallest absolute Gasteiger partial charge is 0.191 e. The first kappa shape index (κ1) is 18.3. The highest BCUT2D eigenvalue weighted by Crippen LogP contribution is 2.19. The van der Waals surface area contributed by atoms with Crippen molar-refractivity contribution in [2.24, 2.45) is 10.7 Å². The Morgan fingerprint density at radius 2 is 1.92 bits per heavy atom. The standard InChI is InChI=1S/C18H25N5O2S/c1-24-15-3-5-16(6-4-15)25-13-2-7-20-17(19)22-9-11-23(12-10-22)18-21-8-14-26-18/h3-6,8,14H,2,7,9-13H2,1H3,(H2,19,20). The highest BCUT2D eigenvalue weighted by molar-refractivity contribution is 7.13. The molecule has 0 radical (unpaired) electrons. The molecule has 7 nitrogen and oxygen atoms in total. The predicted molar refractivity (Wildman–Crippen MR) is 105 cm³/mol. The van der Waals surface area contributed by atoms with Gasteiger partial charge in [0, 0.05) is 50.7 Å². The van der Waals surface area contributed by atoms with Gasteiger partial charge in [-0.25, -0.2) is 4.98 Å². The molecule has 0 atom stereocenters. The number of rotatable bonds is 7. The number of guanidine groups is 1. The monoisotopic (exact) mass is 375 g/mol. The number of nitrogens with zero attached hydrogens (tertiary/aromatic N) is 4. The van der Waals surface area contributed by atoms with E-state index in [0.29, 0.717) is 19.1 Å². The van der Waals surface area contributed by atoms with Gasteiger partial charge in [-0.05, 0) is 24.3 Å². The van der Waals surface area contributed by atoms with Gasteiger partial charge in [-0.1, -0.05) is 0 Å². The van der Waals surface area contributed by atoms with Gasteiger partial charge in [0.1, 0.15) is 11.5 Å². The number of nitrogens with two attached hydrogens (primary N) is 1. The molecular weight excluding hydrogens is 350 g/mol. The second-order valence-electron chi connectivity index (χ2n) is 5.91. The Balaban J connectivity index is 1.34. The lowest BCUT2D eigenvalue weighted by atomic mass is 10.3.